The van der Waals surface area contributed by atoms with Crippen molar-refractivity contribution in [3.63, 3.8) is 0 Å². The van der Waals surface area contributed by atoms with Crippen LogP contribution in [0.3, 0.4) is 0 Å². The predicted molar refractivity (Wildman–Crippen MR) is 102 cm³/mol. The Kier molecular flexibility index (Phi) is 4.38. The Bertz CT molecular complexity index is 1130. The number of benzene rings is 1. The first-order valence-corrected chi connectivity index (χ1v) is 8.34. The highest BCUT2D eigenvalue weighted by Crippen LogP contribution is 2.20. The average molecular weight is 373 g/mol. The molecule has 0 saturated heterocycles. The molecular weight excluding hydrogens is 358 g/mol. The number of ketones is 1. The van der Waals surface area contributed by atoms with E-state index < -0.39 is 5.91 Å². The standard InChI is InChI=1S/C19H15N7O2/c20-18-16(11-26(25-18)13-5-2-1-3-6-13)24-19(28)15-8-4-7-14(23-15)17(27)12-9-21-22-10-12/h1-11H,(H2,20,25)(H,21,22)(H,24,28). The van der Waals surface area contributed by atoms with Crippen molar-refractivity contribution in [2.75, 3.05) is 11.1 Å². The SMILES string of the molecule is Nc1nn(-c2ccccc2)cc1NC(=O)c1cccc(C(=O)c2cn[nH]c2)n1. The minimum absolute atomic E-state index is 0.0845. The number of H-pyrrole nitrogens is 1. The summed E-state index contributed by atoms with van der Waals surface area (Å²) in [6, 6.07) is 14.0. The fourth-order valence-corrected chi connectivity index (χ4v) is 2.59. The fourth-order valence-electron chi connectivity index (χ4n) is 2.59. The number of carbonyl (C=O) groups excluding carboxylic acids is 2. The molecule has 1 aromatic carbocycles. The maximum atomic E-state index is 12.6. The van der Waals surface area contributed by atoms with Gasteiger partial charge in [-0.05, 0) is 24.3 Å². The van der Waals surface area contributed by atoms with Crippen molar-refractivity contribution < 1.29 is 9.59 Å². The lowest BCUT2D eigenvalue weighted by molar-refractivity contribution is 0.102. The monoisotopic (exact) mass is 373 g/mol. The summed E-state index contributed by atoms with van der Waals surface area (Å²) in [5, 5.41) is 13.2. The zero-order chi connectivity index (χ0) is 19.5. The van der Waals surface area contributed by atoms with E-state index in [9.17, 15) is 9.59 Å². The summed E-state index contributed by atoms with van der Waals surface area (Å²) in [5.74, 6) is -0.663. The molecule has 4 N–H and O–H groups in total. The molecule has 4 aromatic rings. The van der Waals surface area contributed by atoms with E-state index in [0.717, 1.165) is 5.69 Å². The smallest absolute Gasteiger partial charge is 0.274 e. The van der Waals surface area contributed by atoms with Crippen molar-refractivity contribution in [2.45, 2.75) is 0 Å². The van der Waals surface area contributed by atoms with Crippen molar-refractivity contribution in [2.24, 2.45) is 0 Å². The second-order valence-corrected chi connectivity index (χ2v) is 5.89. The van der Waals surface area contributed by atoms with Gasteiger partial charge in [0.2, 0.25) is 5.78 Å². The van der Waals surface area contributed by atoms with E-state index in [4.69, 9.17) is 5.73 Å². The summed E-state index contributed by atoms with van der Waals surface area (Å²) in [5.41, 5.74) is 7.66. The van der Waals surface area contributed by atoms with Gasteiger partial charge in [0.1, 0.15) is 17.1 Å². The van der Waals surface area contributed by atoms with Crippen molar-refractivity contribution >= 4 is 23.2 Å². The average Bonchev–Trinajstić information content (AvgIpc) is 3.39. The minimum Gasteiger partial charge on any atom is -0.380 e. The molecule has 9 heteroatoms. The van der Waals surface area contributed by atoms with E-state index in [2.05, 4.69) is 25.6 Å². The minimum atomic E-state index is -0.499. The van der Waals surface area contributed by atoms with Crippen molar-refractivity contribution in [3.05, 3.63) is 84.1 Å². The summed E-state index contributed by atoms with van der Waals surface area (Å²) in [6.07, 6.45) is 4.48. The number of nitrogen functional groups attached to an aromatic ring is 1. The Hall–Kier alpha value is -4.27. The normalized spacial score (nSPS) is 10.6. The van der Waals surface area contributed by atoms with Crippen LogP contribution in [0.15, 0.2) is 67.1 Å². The molecule has 0 bridgehead atoms. The van der Waals surface area contributed by atoms with Gasteiger partial charge in [-0.1, -0.05) is 24.3 Å². The van der Waals surface area contributed by atoms with Gasteiger partial charge >= 0.3 is 0 Å². The molecule has 3 heterocycles. The van der Waals surface area contributed by atoms with Crippen LogP contribution in [-0.4, -0.2) is 36.7 Å². The van der Waals surface area contributed by atoms with Gasteiger partial charge in [-0.15, -0.1) is 5.10 Å². The number of nitrogens with two attached hydrogens (primary N) is 1. The number of hydrogen-bond acceptors (Lipinski definition) is 6. The lowest BCUT2D eigenvalue weighted by Crippen LogP contribution is -2.16. The van der Waals surface area contributed by atoms with Crippen LogP contribution in [0.2, 0.25) is 0 Å². The number of anilines is 2. The van der Waals surface area contributed by atoms with Crippen LogP contribution in [0.5, 0.6) is 0 Å². The number of pyridine rings is 1. The highest BCUT2D eigenvalue weighted by Gasteiger charge is 2.17. The molecule has 0 spiro atoms. The molecule has 0 saturated carbocycles. The molecule has 0 aliphatic carbocycles. The van der Waals surface area contributed by atoms with Crippen molar-refractivity contribution in [1.29, 1.82) is 0 Å². The number of nitrogens with zero attached hydrogens (tertiary/aromatic N) is 4. The number of rotatable bonds is 5. The second kappa shape index (κ2) is 7.16. The quantitative estimate of drug-likeness (QED) is 0.459. The summed E-state index contributed by atoms with van der Waals surface area (Å²) in [4.78, 5) is 29.1. The summed E-state index contributed by atoms with van der Waals surface area (Å²) >= 11 is 0. The topological polar surface area (TPSA) is 132 Å². The number of nitrogens with one attached hydrogen (secondary N) is 2. The van der Waals surface area contributed by atoms with Gasteiger partial charge in [-0.2, -0.15) is 5.10 Å². The highest BCUT2D eigenvalue weighted by atomic mass is 16.2. The number of aromatic nitrogens is 5. The van der Waals surface area contributed by atoms with E-state index in [1.165, 1.54) is 24.5 Å². The van der Waals surface area contributed by atoms with Crippen molar-refractivity contribution in [1.82, 2.24) is 25.0 Å². The molecule has 28 heavy (non-hydrogen) atoms. The highest BCUT2D eigenvalue weighted by molar-refractivity contribution is 6.09. The Labute approximate surface area is 159 Å². The Morgan fingerprint density at radius 3 is 2.57 bits per heavy atom. The third-order valence-corrected chi connectivity index (χ3v) is 3.99. The van der Waals surface area contributed by atoms with E-state index in [1.807, 2.05) is 30.3 Å². The molecular formula is C19H15N7O2. The molecule has 0 radical (unpaired) electrons. The third kappa shape index (κ3) is 3.36. The summed E-state index contributed by atoms with van der Waals surface area (Å²) in [7, 11) is 0. The van der Waals surface area contributed by atoms with E-state index in [0.29, 0.717) is 11.3 Å². The van der Waals surface area contributed by atoms with Crippen LogP contribution in [0, 0.1) is 0 Å². The largest absolute Gasteiger partial charge is 0.380 e. The lowest BCUT2D eigenvalue weighted by Gasteiger charge is -2.04. The molecule has 3 aromatic heterocycles. The second-order valence-electron chi connectivity index (χ2n) is 5.89. The molecule has 0 fully saturated rings. The maximum Gasteiger partial charge on any atom is 0.274 e. The molecule has 138 valence electrons. The van der Waals surface area contributed by atoms with E-state index >= 15 is 0 Å². The molecule has 0 unspecified atom stereocenters. The Morgan fingerprint density at radius 2 is 1.82 bits per heavy atom. The molecule has 0 aliphatic heterocycles. The fraction of sp³-hybridized carbons (Fsp3) is 0. The summed E-state index contributed by atoms with van der Waals surface area (Å²) in [6.45, 7) is 0. The predicted octanol–water partition coefficient (Wildman–Crippen LogP) is 2.06. The first-order chi connectivity index (χ1) is 13.6. The maximum absolute atomic E-state index is 12.6. The first kappa shape index (κ1) is 17.2. The van der Waals surface area contributed by atoms with Crippen LogP contribution < -0.4 is 11.1 Å². The van der Waals surface area contributed by atoms with Crippen LogP contribution in [-0.2, 0) is 0 Å². The first-order valence-electron chi connectivity index (χ1n) is 8.34. The van der Waals surface area contributed by atoms with Crippen LogP contribution >= 0.6 is 0 Å². The van der Waals surface area contributed by atoms with Gasteiger partial charge in [-0.3, -0.25) is 14.7 Å². The zero-order valence-corrected chi connectivity index (χ0v) is 14.5. The van der Waals surface area contributed by atoms with E-state index in [-0.39, 0.29) is 23.0 Å². The zero-order valence-electron chi connectivity index (χ0n) is 14.5. The summed E-state index contributed by atoms with van der Waals surface area (Å²) < 4.78 is 1.57. The number of hydrogen-bond donors (Lipinski definition) is 3. The Morgan fingerprint density at radius 1 is 1.04 bits per heavy atom. The van der Waals surface area contributed by atoms with Gasteiger partial charge in [-0.25, -0.2) is 9.67 Å². The molecule has 1 amide bonds. The van der Waals surface area contributed by atoms with E-state index in [1.54, 1.807) is 16.9 Å². The van der Waals surface area contributed by atoms with Crippen LogP contribution in [0.25, 0.3) is 5.69 Å². The number of carbonyl (C=O) groups is 2. The Balaban J connectivity index is 1.55. The van der Waals surface area contributed by atoms with Gasteiger partial charge in [0.05, 0.1) is 23.6 Å². The number of amides is 1. The van der Waals surface area contributed by atoms with Gasteiger partial charge in [0.25, 0.3) is 5.91 Å². The molecule has 4 rings (SSSR count). The number of aromatic amines is 1. The van der Waals surface area contributed by atoms with Crippen LogP contribution in [0.4, 0.5) is 11.5 Å². The number of para-hydroxylation sites is 1. The van der Waals surface area contributed by atoms with Gasteiger partial charge in [0.15, 0.2) is 5.82 Å². The molecule has 0 aliphatic rings. The molecule has 0 atom stereocenters. The third-order valence-electron chi connectivity index (χ3n) is 3.99. The lowest BCUT2D eigenvalue weighted by atomic mass is 10.1. The van der Waals surface area contributed by atoms with Crippen LogP contribution in [0.1, 0.15) is 26.5 Å². The van der Waals surface area contributed by atoms with Crippen molar-refractivity contribution in [3.8, 4) is 5.69 Å². The van der Waals surface area contributed by atoms with Gasteiger partial charge in [0, 0.05) is 6.20 Å². The molecule has 9 nitrogen and oxygen atoms in total. The van der Waals surface area contributed by atoms with Gasteiger partial charge < -0.3 is 11.1 Å².